The number of allylic oxidation sites excluding steroid dienone is 2. The summed E-state index contributed by atoms with van der Waals surface area (Å²) < 4.78 is 0. The largest absolute Gasteiger partial charge is 0.399 e. The highest BCUT2D eigenvalue weighted by atomic mass is 14.8. The Morgan fingerprint density at radius 1 is 0.882 bits per heavy atom. The van der Waals surface area contributed by atoms with E-state index in [4.69, 9.17) is 11.5 Å². The van der Waals surface area contributed by atoms with E-state index in [2.05, 4.69) is 98.2 Å². The van der Waals surface area contributed by atoms with Crippen LogP contribution in [0.1, 0.15) is 56.7 Å². The molecule has 1 aliphatic rings. The fourth-order valence-electron chi connectivity index (χ4n) is 4.58. The van der Waals surface area contributed by atoms with Crippen LogP contribution in [0.15, 0.2) is 102 Å². The maximum atomic E-state index is 6.48. The molecule has 0 bridgehead atoms. The Balaban J connectivity index is 1.50. The van der Waals surface area contributed by atoms with Crippen molar-refractivity contribution in [3.05, 3.63) is 114 Å². The van der Waals surface area contributed by atoms with Gasteiger partial charge in [-0.05, 0) is 78.3 Å². The molecule has 4 N–H and O–H groups in total. The second-order valence-corrected chi connectivity index (χ2v) is 9.94. The highest BCUT2D eigenvalue weighted by Gasteiger charge is 2.34. The van der Waals surface area contributed by atoms with Crippen LogP contribution in [0.25, 0.3) is 11.1 Å². The van der Waals surface area contributed by atoms with Gasteiger partial charge in [-0.1, -0.05) is 81.1 Å². The van der Waals surface area contributed by atoms with Gasteiger partial charge in [0.1, 0.15) is 0 Å². The zero-order valence-corrected chi connectivity index (χ0v) is 20.5. The normalized spacial score (nSPS) is 16.1. The van der Waals surface area contributed by atoms with Crippen molar-refractivity contribution in [1.82, 2.24) is 0 Å². The maximum Gasteiger partial charge on any atom is 0.0633 e. The minimum absolute atomic E-state index is 0.110. The van der Waals surface area contributed by atoms with Crippen LogP contribution in [-0.4, -0.2) is 5.71 Å². The lowest BCUT2D eigenvalue weighted by Gasteiger charge is -2.38. The van der Waals surface area contributed by atoms with Crippen molar-refractivity contribution in [2.24, 2.45) is 16.5 Å². The highest BCUT2D eigenvalue weighted by Crippen LogP contribution is 2.39. The van der Waals surface area contributed by atoms with Gasteiger partial charge in [0, 0.05) is 22.4 Å². The average molecular weight is 450 g/mol. The molecule has 3 aromatic carbocycles. The second-order valence-electron chi connectivity index (χ2n) is 9.94. The van der Waals surface area contributed by atoms with Gasteiger partial charge in [-0.2, -0.15) is 0 Å². The minimum atomic E-state index is -0.122. The van der Waals surface area contributed by atoms with Gasteiger partial charge in [0.05, 0.1) is 5.69 Å². The van der Waals surface area contributed by atoms with Crippen molar-refractivity contribution in [3.8, 4) is 11.1 Å². The third-order valence-electron chi connectivity index (χ3n) is 7.15. The summed E-state index contributed by atoms with van der Waals surface area (Å²) in [5.41, 5.74) is 20.6. The molecule has 3 heteroatoms. The summed E-state index contributed by atoms with van der Waals surface area (Å²) in [7, 11) is 0. The third-order valence-corrected chi connectivity index (χ3v) is 7.15. The first-order chi connectivity index (χ1) is 16.2. The molecular formula is C31H35N3. The molecule has 0 aromatic heterocycles. The van der Waals surface area contributed by atoms with Crippen LogP contribution in [0.4, 0.5) is 5.69 Å². The molecule has 1 fully saturated rings. The van der Waals surface area contributed by atoms with Crippen molar-refractivity contribution in [2.75, 3.05) is 0 Å². The lowest BCUT2D eigenvalue weighted by atomic mass is 9.72. The van der Waals surface area contributed by atoms with E-state index >= 15 is 0 Å². The first kappa shape index (κ1) is 23.7. The van der Waals surface area contributed by atoms with Gasteiger partial charge in [-0.3, -0.25) is 4.99 Å². The van der Waals surface area contributed by atoms with E-state index in [1.165, 1.54) is 34.2 Å². The lowest BCUT2D eigenvalue weighted by molar-refractivity contribution is 0.253. The molecule has 4 rings (SSSR count). The number of nitrogens with two attached hydrogens (primary N) is 2. The standard InChI is InChI=1S/C31H35N3/c1-5-28(32)21-22(2)34-29-17-15-26(16-18-29)30(3,4)25-11-7-23(8-12-25)24-9-13-27(14-10-24)31(33)19-6-20-31/h5,7-18,21H,1,6,19-20,32-33H2,2-4H3. The zero-order valence-electron chi connectivity index (χ0n) is 20.5. The van der Waals surface area contributed by atoms with E-state index < -0.39 is 0 Å². The Bertz CT molecular complexity index is 1210. The quantitative estimate of drug-likeness (QED) is 0.297. The Morgan fingerprint density at radius 2 is 1.38 bits per heavy atom. The van der Waals surface area contributed by atoms with E-state index in [1.54, 1.807) is 6.08 Å². The number of nitrogens with zero attached hydrogens (tertiary/aromatic N) is 1. The molecule has 0 aliphatic heterocycles. The smallest absolute Gasteiger partial charge is 0.0633 e. The van der Waals surface area contributed by atoms with Crippen LogP contribution in [-0.2, 0) is 11.0 Å². The summed E-state index contributed by atoms with van der Waals surface area (Å²) in [6.45, 7) is 10.1. The predicted molar refractivity (Wildman–Crippen MR) is 145 cm³/mol. The lowest BCUT2D eigenvalue weighted by Crippen LogP contribution is -2.43. The fraction of sp³-hybridized carbons (Fsp3) is 0.258. The molecule has 174 valence electrons. The third kappa shape index (κ3) is 4.90. The van der Waals surface area contributed by atoms with Crippen molar-refractivity contribution < 1.29 is 0 Å². The first-order valence-electron chi connectivity index (χ1n) is 12.0. The number of rotatable bonds is 7. The van der Waals surface area contributed by atoms with E-state index in [-0.39, 0.29) is 11.0 Å². The summed E-state index contributed by atoms with van der Waals surface area (Å²) in [5.74, 6) is 0. The van der Waals surface area contributed by atoms with Gasteiger partial charge < -0.3 is 11.5 Å². The summed E-state index contributed by atoms with van der Waals surface area (Å²) >= 11 is 0. The average Bonchev–Trinajstić information content (AvgIpc) is 2.83. The van der Waals surface area contributed by atoms with Crippen molar-refractivity contribution in [1.29, 1.82) is 0 Å². The van der Waals surface area contributed by atoms with Gasteiger partial charge in [-0.25, -0.2) is 0 Å². The molecule has 3 aromatic rings. The number of benzene rings is 3. The van der Waals surface area contributed by atoms with E-state index in [0.717, 1.165) is 24.2 Å². The predicted octanol–water partition coefficient (Wildman–Crippen LogP) is 7.14. The molecule has 1 aliphatic carbocycles. The Kier molecular flexibility index (Phi) is 6.58. The van der Waals surface area contributed by atoms with E-state index in [1.807, 2.05) is 13.0 Å². The molecule has 0 spiro atoms. The molecule has 1 saturated carbocycles. The van der Waals surface area contributed by atoms with Crippen molar-refractivity contribution >= 4 is 11.4 Å². The van der Waals surface area contributed by atoms with Gasteiger partial charge in [0.15, 0.2) is 0 Å². The number of hydrogen-bond donors (Lipinski definition) is 2. The van der Waals surface area contributed by atoms with Gasteiger partial charge in [0.2, 0.25) is 0 Å². The molecule has 3 nitrogen and oxygen atoms in total. The molecule has 0 atom stereocenters. The molecule has 0 heterocycles. The van der Waals surface area contributed by atoms with E-state index in [0.29, 0.717) is 5.70 Å². The Hall–Kier alpha value is -3.43. The van der Waals surface area contributed by atoms with Crippen LogP contribution in [0.5, 0.6) is 0 Å². The molecule has 0 radical (unpaired) electrons. The molecule has 0 saturated heterocycles. The van der Waals surface area contributed by atoms with Crippen LogP contribution in [0, 0.1) is 0 Å². The minimum Gasteiger partial charge on any atom is -0.399 e. The molecule has 0 unspecified atom stereocenters. The maximum absolute atomic E-state index is 6.48. The van der Waals surface area contributed by atoms with Crippen LogP contribution < -0.4 is 11.5 Å². The van der Waals surface area contributed by atoms with E-state index in [9.17, 15) is 0 Å². The monoisotopic (exact) mass is 449 g/mol. The van der Waals surface area contributed by atoms with Gasteiger partial charge >= 0.3 is 0 Å². The van der Waals surface area contributed by atoms with Gasteiger partial charge in [0.25, 0.3) is 0 Å². The molecular weight excluding hydrogens is 414 g/mol. The van der Waals surface area contributed by atoms with Crippen molar-refractivity contribution in [2.45, 2.75) is 51.0 Å². The topological polar surface area (TPSA) is 64.4 Å². The van der Waals surface area contributed by atoms with Crippen LogP contribution in [0.3, 0.4) is 0 Å². The zero-order chi connectivity index (χ0) is 24.3. The molecule has 0 amide bonds. The number of aliphatic imine (C=N–C) groups is 1. The summed E-state index contributed by atoms with van der Waals surface area (Å²) in [6.07, 6.45) is 6.85. The first-order valence-corrected chi connectivity index (χ1v) is 12.0. The summed E-state index contributed by atoms with van der Waals surface area (Å²) in [5, 5.41) is 0. The van der Waals surface area contributed by atoms with Crippen LogP contribution >= 0.6 is 0 Å². The summed E-state index contributed by atoms with van der Waals surface area (Å²) in [4.78, 5) is 4.62. The molecule has 34 heavy (non-hydrogen) atoms. The summed E-state index contributed by atoms with van der Waals surface area (Å²) in [6, 6.07) is 26.1. The van der Waals surface area contributed by atoms with Crippen molar-refractivity contribution in [3.63, 3.8) is 0 Å². The van der Waals surface area contributed by atoms with Crippen LogP contribution in [0.2, 0.25) is 0 Å². The number of hydrogen-bond acceptors (Lipinski definition) is 3. The van der Waals surface area contributed by atoms with Gasteiger partial charge in [-0.15, -0.1) is 0 Å². The second kappa shape index (κ2) is 9.44. The Labute approximate surface area is 203 Å². The fourth-order valence-corrected chi connectivity index (χ4v) is 4.58. The SMILES string of the molecule is C=CC(N)=CC(C)=Nc1ccc(C(C)(C)c2ccc(-c3ccc(C4(N)CCC4)cc3)cc2)cc1. The Morgan fingerprint density at radius 3 is 1.85 bits per heavy atom. The highest BCUT2D eigenvalue weighted by molar-refractivity contribution is 5.95.